The SMILES string of the molecule is CC(N)c1ccc(C2CCCCC2)c(Cl)c1. The van der Waals surface area contributed by atoms with Crippen molar-refractivity contribution in [1.29, 1.82) is 0 Å². The molecule has 1 unspecified atom stereocenters. The van der Waals surface area contributed by atoms with Crippen LogP contribution in [0.2, 0.25) is 5.02 Å². The molecule has 1 aromatic carbocycles. The van der Waals surface area contributed by atoms with Crippen LogP contribution < -0.4 is 5.73 Å². The summed E-state index contributed by atoms with van der Waals surface area (Å²) >= 11 is 6.35. The smallest absolute Gasteiger partial charge is 0.0444 e. The molecule has 16 heavy (non-hydrogen) atoms. The van der Waals surface area contributed by atoms with Crippen LogP contribution in [0.3, 0.4) is 0 Å². The van der Waals surface area contributed by atoms with Crippen molar-refractivity contribution in [2.45, 2.75) is 51.0 Å². The number of hydrogen-bond donors (Lipinski definition) is 1. The number of rotatable bonds is 2. The van der Waals surface area contributed by atoms with Gasteiger partial charge in [0.1, 0.15) is 0 Å². The fraction of sp³-hybridized carbons (Fsp3) is 0.571. The van der Waals surface area contributed by atoms with Crippen molar-refractivity contribution in [1.82, 2.24) is 0 Å². The Morgan fingerprint density at radius 3 is 2.50 bits per heavy atom. The van der Waals surface area contributed by atoms with Crippen molar-refractivity contribution in [2.75, 3.05) is 0 Å². The van der Waals surface area contributed by atoms with Gasteiger partial charge in [0.05, 0.1) is 0 Å². The fourth-order valence-electron chi connectivity index (χ4n) is 2.57. The second-order valence-electron chi connectivity index (χ2n) is 4.90. The molecule has 1 aromatic rings. The maximum atomic E-state index is 6.35. The van der Waals surface area contributed by atoms with E-state index in [-0.39, 0.29) is 6.04 Å². The lowest BCUT2D eigenvalue weighted by Gasteiger charge is -2.23. The summed E-state index contributed by atoms with van der Waals surface area (Å²) in [5.74, 6) is 0.670. The van der Waals surface area contributed by atoms with Gasteiger partial charge in [0, 0.05) is 11.1 Å². The molecule has 2 heteroatoms. The van der Waals surface area contributed by atoms with Crippen molar-refractivity contribution in [3.63, 3.8) is 0 Å². The molecular weight excluding hydrogens is 218 g/mol. The van der Waals surface area contributed by atoms with E-state index in [0.717, 1.165) is 10.6 Å². The lowest BCUT2D eigenvalue weighted by atomic mass is 9.83. The Hall–Kier alpha value is -0.530. The standard InChI is InChI=1S/C14H20ClN/c1-10(16)12-7-8-13(14(15)9-12)11-5-3-2-4-6-11/h7-11H,2-6,16H2,1H3. The van der Waals surface area contributed by atoms with Crippen molar-refractivity contribution < 1.29 is 0 Å². The van der Waals surface area contributed by atoms with E-state index in [1.165, 1.54) is 37.7 Å². The maximum absolute atomic E-state index is 6.35. The minimum atomic E-state index is 0.0675. The first kappa shape index (κ1) is 11.9. The topological polar surface area (TPSA) is 26.0 Å². The van der Waals surface area contributed by atoms with Gasteiger partial charge in [0.2, 0.25) is 0 Å². The van der Waals surface area contributed by atoms with Crippen LogP contribution in [0.1, 0.15) is 62.1 Å². The summed E-state index contributed by atoms with van der Waals surface area (Å²) < 4.78 is 0. The summed E-state index contributed by atoms with van der Waals surface area (Å²) in [4.78, 5) is 0. The van der Waals surface area contributed by atoms with Crippen LogP contribution in [0.4, 0.5) is 0 Å². The second kappa shape index (κ2) is 5.20. The van der Waals surface area contributed by atoms with Gasteiger partial charge >= 0.3 is 0 Å². The molecule has 0 bridgehead atoms. The molecule has 0 heterocycles. The molecule has 0 spiro atoms. The van der Waals surface area contributed by atoms with Gasteiger partial charge in [-0.05, 0) is 42.9 Å². The molecule has 0 aromatic heterocycles. The molecule has 2 rings (SSSR count). The fourth-order valence-corrected chi connectivity index (χ4v) is 2.91. The number of benzene rings is 1. The monoisotopic (exact) mass is 237 g/mol. The number of hydrogen-bond acceptors (Lipinski definition) is 1. The quantitative estimate of drug-likeness (QED) is 0.810. The average Bonchev–Trinajstić information content (AvgIpc) is 2.30. The van der Waals surface area contributed by atoms with Crippen molar-refractivity contribution >= 4 is 11.6 Å². The summed E-state index contributed by atoms with van der Waals surface area (Å²) in [6, 6.07) is 6.41. The Morgan fingerprint density at radius 2 is 1.94 bits per heavy atom. The largest absolute Gasteiger partial charge is 0.324 e. The van der Waals surface area contributed by atoms with Crippen LogP contribution >= 0.6 is 11.6 Å². The van der Waals surface area contributed by atoms with E-state index in [0.29, 0.717) is 5.92 Å². The average molecular weight is 238 g/mol. The highest BCUT2D eigenvalue weighted by atomic mass is 35.5. The zero-order valence-corrected chi connectivity index (χ0v) is 10.6. The zero-order chi connectivity index (χ0) is 11.5. The van der Waals surface area contributed by atoms with E-state index >= 15 is 0 Å². The summed E-state index contributed by atoms with van der Waals surface area (Å²) in [7, 11) is 0. The number of nitrogens with two attached hydrogens (primary N) is 1. The molecule has 0 amide bonds. The molecular formula is C14H20ClN. The zero-order valence-electron chi connectivity index (χ0n) is 9.88. The summed E-state index contributed by atoms with van der Waals surface area (Å²) in [5, 5.41) is 0.904. The predicted molar refractivity (Wildman–Crippen MR) is 69.9 cm³/mol. The molecule has 1 fully saturated rings. The van der Waals surface area contributed by atoms with Crippen LogP contribution in [-0.2, 0) is 0 Å². The van der Waals surface area contributed by atoms with Gasteiger partial charge in [0.25, 0.3) is 0 Å². The molecule has 0 aliphatic heterocycles. The first-order valence-corrected chi connectivity index (χ1v) is 6.61. The van der Waals surface area contributed by atoms with Crippen molar-refractivity contribution in [3.8, 4) is 0 Å². The van der Waals surface area contributed by atoms with Crippen LogP contribution in [0.25, 0.3) is 0 Å². The Balaban J connectivity index is 2.21. The third-order valence-corrected chi connectivity index (χ3v) is 3.92. The van der Waals surface area contributed by atoms with E-state index < -0.39 is 0 Å². The van der Waals surface area contributed by atoms with Crippen molar-refractivity contribution in [3.05, 3.63) is 34.3 Å². The molecule has 0 radical (unpaired) electrons. The normalized spacial score (nSPS) is 19.7. The van der Waals surface area contributed by atoms with Crippen LogP contribution in [0, 0.1) is 0 Å². The first-order valence-electron chi connectivity index (χ1n) is 6.23. The Morgan fingerprint density at radius 1 is 1.25 bits per heavy atom. The third kappa shape index (κ3) is 2.58. The molecule has 1 aliphatic carbocycles. The minimum Gasteiger partial charge on any atom is -0.324 e. The third-order valence-electron chi connectivity index (χ3n) is 3.60. The highest BCUT2D eigenvalue weighted by Crippen LogP contribution is 2.36. The summed E-state index contributed by atoms with van der Waals surface area (Å²) in [5.41, 5.74) is 8.31. The van der Waals surface area contributed by atoms with E-state index in [4.69, 9.17) is 17.3 Å². The van der Waals surface area contributed by atoms with E-state index in [9.17, 15) is 0 Å². The Bertz CT molecular complexity index is 354. The molecule has 1 saturated carbocycles. The number of halogens is 1. The molecule has 1 atom stereocenters. The minimum absolute atomic E-state index is 0.0675. The van der Waals surface area contributed by atoms with Crippen molar-refractivity contribution in [2.24, 2.45) is 5.73 Å². The van der Waals surface area contributed by atoms with Crippen LogP contribution in [0.15, 0.2) is 18.2 Å². The Kier molecular flexibility index (Phi) is 3.88. The first-order chi connectivity index (χ1) is 7.68. The summed E-state index contributed by atoms with van der Waals surface area (Å²) in [6.07, 6.45) is 6.65. The van der Waals surface area contributed by atoms with Crippen LogP contribution in [0.5, 0.6) is 0 Å². The maximum Gasteiger partial charge on any atom is 0.0444 e. The van der Waals surface area contributed by atoms with Gasteiger partial charge in [-0.2, -0.15) is 0 Å². The van der Waals surface area contributed by atoms with E-state index in [1.807, 2.05) is 13.0 Å². The van der Waals surface area contributed by atoms with Gasteiger partial charge in [0.15, 0.2) is 0 Å². The second-order valence-corrected chi connectivity index (χ2v) is 5.31. The summed E-state index contributed by atoms with van der Waals surface area (Å²) in [6.45, 7) is 1.99. The predicted octanol–water partition coefficient (Wildman–Crippen LogP) is 4.41. The molecule has 88 valence electrons. The Labute approximate surface area is 103 Å². The molecule has 0 saturated heterocycles. The highest BCUT2D eigenvalue weighted by Gasteiger charge is 2.18. The molecule has 1 nitrogen and oxygen atoms in total. The van der Waals surface area contributed by atoms with Gasteiger partial charge in [-0.1, -0.05) is 43.0 Å². The van der Waals surface area contributed by atoms with Gasteiger partial charge in [-0.3, -0.25) is 0 Å². The van der Waals surface area contributed by atoms with Crippen LogP contribution in [-0.4, -0.2) is 0 Å². The van der Waals surface area contributed by atoms with E-state index in [2.05, 4.69) is 12.1 Å². The van der Waals surface area contributed by atoms with E-state index in [1.54, 1.807) is 0 Å². The van der Waals surface area contributed by atoms with Gasteiger partial charge in [-0.25, -0.2) is 0 Å². The lowest BCUT2D eigenvalue weighted by molar-refractivity contribution is 0.443. The van der Waals surface area contributed by atoms with Gasteiger partial charge < -0.3 is 5.73 Å². The lowest BCUT2D eigenvalue weighted by Crippen LogP contribution is -2.08. The molecule has 2 N–H and O–H groups in total. The highest BCUT2D eigenvalue weighted by molar-refractivity contribution is 6.31. The van der Waals surface area contributed by atoms with Gasteiger partial charge in [-0.15, -0.1) is 0 Å². The molecule has 1 aliphatic rings.